The van der Waals surface area contributed by atoms with Crippen molar-refractivity contribution >= 4 is 17.7 Å². The molecule has 40 heavy (non-hydrogen) atoms. The Hall–Kier alpha value is -1.63. The summed E-state index contributed by atoms with van der Waals surface area (Å²) >= 11 is 0. The summed E-state index contributed by atoms with van der Waals surface area (Å²) < 4.78 is 0. The van der Waals surface area contributed by atoms with E-state index in [4.69, 9.17) is 17.6 Å². The van der Waals surface area contributed by atoms with Crippen LogP contribution in [-0.4, -0.2) is 75.5 Å². The number of nitrogens with two attached hydrogens (primary N) is 3. The van der Waals surface area contributed by atoms with Crippen molar-refractivity contribution in [3.63, 3.8) is 0 Å². The molecule has 0 aromatic heterocycles. The first-order chi connectivity index (χ1) is 18.9. The summed E-state index contributed by atoms with van der Waals surface area (Å²) in [6, 6.07) is 0.487. The van der Waals surface area contributed by atoms with E-state index < -0.39 is 17.6 Å². The molecule has 230 valence electrons. The van der Waals surface area contributed by atoms with Gasteiger partial charge in [0.05, 0.1) is 18.2 Å². The highest BCUT2D eigenvalue weighted by Crippen LogP contribution is 2.29. The molecule has 3 fully saturated rings. The topological polar surface area (TPSA) is 160 Å². The van der Waals surface area contributed by atoms with Gasteiger partial charge in [-0.3, -0.25) is 26.1 Å². The van der Waals surface area contributed by atoms with Gasteiger partial charge in [-0.1, -0.05) is 26.7 Å². The lowest BCUT2D eigenvalue weighted by molar-refractivity contribution is -0.145. The van der Waals surface area contributed by atoms with E-state index in [2.05, 4.69) is 17.1 Å². The number of rotatable bonds is 13. The van der Waals surface area contributed by atoms with E-state index in [1.54, 1.807) is 4.90 Å². The van der Waals surface area contributed by atoms with E-state index in [0.29, 0.717) is 44.4 Å². The number of carbonyl (C=O) groups excluding carboxylic acids is 3. The third-order valence-corrected chi connectivity index (χ3v) is 9.54. The predicted octanol–water partition coefficient (Wildman–Crippen LogP) is 2.34. The van der Waals surface area contributed by atoms with Gasteiger partial charge in [-0.05, 0) is 83.5 Å². The minimum absolute atomic E-state index is 0.0156. The zero-order chi connectivity index (χ0) is 29.4. The quantitative estimate of drug-likeness (QED) is 0.148. The first-order valence-corrected chi connectivity index (χ1v) is 15.5. The molecule has 0 bridgehead atoms. The van der Waals surface area contributed by atoms with Crippen LogP contribution in [0, 0.1) is 11.8 Å². The fourth-order valence-electron chi connectivity index (χ4n) is 7.03. The summed E-state index contributed by atoms with van der Waals surface area (Å²) in [6.45, 7) is 9.23. The maximum Gasteiger partial charge on any atom is 0.324 e. The third-order valence-electron chi connectivity index (χ3n) is 9.54. The lowest BCUT2D eigenvalue weighted by atomic mass is 9.85. The van der Waals surface area contributed by atoms with Crippen molar-refractivity contribution in [2.75, 3.05) is 13.2 Å². The van der Waals surface area contributed by atoms with E-state index in [0.717, 1.165) is 38.5 Å². The van der Waals surface area contributed by atoms with Crippen LogP contribution in [0.2, 0.25) is 0 Å². The normalized spacial score (nSPS) is 28.6. The Labute approximate surface area is 240 Å². The molecule has 7 N–H and O–H groups in total. The molecule has 11 heteroatoms. The molecule has 1 amide bonds. The molecule has 2 saturated carbocycles. The van der Waals surface area contributed by atoms with Crippen LogP contribution in [-0.2, 0) is 19.2 Å². The highest BCUT2D eigenvalue weighted by molar-refractivity contribution is 5.95. The Balaban J connectivity index is 1.45. The molecule has 1 heterocycles. The molecular weight excluding hydrogens is 510 g/mol. The number of nitrogens with zero attached hydrogens (tertiary/aromatic N) is 3. The molecular formula is C29H55N7O4. The molecule has 4 atom stereocenters. The summed E-state index contributed by atoms with van der Waals surface area (Å²) in [5.74, 6) is 18.0. The third kappa shape index (κ3) is 8.93. The van der Waals surface area contributed by atoms with Crippen molar-refractivity contribution in [1.82, 2.24) is 20.2 Å². The molecule has 0 aromatic rings. The summed E-state index contributed by atoms with van der Waals surface area (Å²) in [4.78, 5) is 44.1. The van der Waals surface area contributed by atoms with E-state index in [1.807, 2.05) is 30.8 Å². The Kier molecular flexibility index (Phi) is 12.3. The first-order valence-electron chi connectivity index (χ1n) is 15.5. The lowest BCUT2D eigenvalue weighted by Crippen LogP contribution is -2.59. The van der Waals surface area contributed by atoms with Gasteiger partial charge in [0.15, 0.2) is 5.78 Å². The van der Waals surface area contributed by atoms with Gasteiger partial charge in [0.2, 0.25) is 5.91 Å². The predicted molar refractivity (Wildman–Crippen MR) is 155 cm³/mol. The standard InChI is InChI=1S/C29H55N7O4/c1-20(18-27(38)40-32)11-16-26(37)34-17-7-10-25(34)28(39)29(3,4)33-22-12-14-23(15-13-22)35(30)19-36(31)24-9-6-5-8-21(24)2/h20-25,33H,5-19,30-32H2,1-4H3/t20?,21?,22?,23?,24?,25-/m0/s1. The number of hydrogen-bond acceptors (Lipinski definition) is 10. The van der Waals surface area contributed by atoms with Crippen LogP contribution in [0.3, 0.4) is 0 Å². The smallest absolute Gasteiger partial charge is 0.324 e. The van der Waals surface area contributed by atoms with Crippen LogP contribution < -0.4 is 22.9 Å². The zero-order valence-electron chi connectivity index (χ0n) is 25.3. The Morgan fingerprint density at radius 3 is 2.33 bits per heavy atom. The summed E-state index contributed by atoms with van der Waals surface area (Å²) in [5, 5.41) is 7.48. The second-order valence-corrected chi connectivity index (χ2v) is 13.2. The number of hydrazine groups is 2. The largest absolute Gasteiger partial charge is 0.373 e. The highest BCUT2D eigenvalue weighted by Gasteiger charge is 2.42. The van der Waals surface area contributed by atoms with Gasteiger partial charge in [-0.15, -0.1) is 0 Å². The second kappa shape index (κ2) is 15.0. The van der Waals surface area contributed by atoms with Crippen LogP contribution in [0.15, 0.2) is 0 Å². The maximum atomic E-state index is 13.7. The van der Waals surface area contributed by atoms with Crippen molar-refractivity contribution in [2.45, 2.75) is 141 Å². The van der Waals surface area contributed by atoms with Gasteiger partial charge in [-0.25, -0.2) is 10.0 Å². The molecule has 3 rings (SSSR count). The van der Waals surface area contributed by atoms with Gasteiger partial charge in [0, 0.05) is 37.5 Å². The van der Waals surface area contributed by atoms with Crippen LogP contribution in [0.1, 0.15) is 111 Å². The average molecular weight is 566 g/mol. The SMILES string of the molecule is CC(CCC(=O)N1CCC[C@H]1C(=O)C(C)(C)NC1CCC(N(N)CN(N)C2CCCCC2C)CC1)CC(=O)ON. The van der Waals surface area contributed by atoms with Crippen molar-refractivity contribution in [1.29, 1.82) is 0 Å². The lowest BCUT2D eigenvalue weighted by Gasteiger charge is -2.42. The monoisotopic (exact) mass is 565 g/mol. The molecule has 1 aliphatic heterocycles. The molecule has 11 nitrogen and oxygen atoms in total. The Bertz CT molecular complexity index is 848. The molecule has 3 aliphatic rings. The summed E-state index contributed by atoms with van der Waals surface area (Å²) in [7, 11) is 0. The average Bonchev–Trinajstić information content (AvgIpc) is 3.41. The Morgan fingerprint density at radius 2 is 1.68 bits per heavy atom. The number of amides is 1. The fourth-order valence-corrected chi connectivity index (χ4v) is 7.03. The van der Waals surface area contributed by atoms with Crippen LogP contribution in [0.25, 0.3) is 0 Å². The van der Waals surface area contributed by atoms with E-state index in [9.17, 15) is 14.4 Å². The number of nitrogens with one attached hydrogen (secondary N) is 1. The van der Waals surface area contributed by atoms with Gasteiger partial charge in [0.1, 0.15) is 0 Å². The Morgan fingerprint density at radius 1 is 1.00 bits per heavy atom. The van der Waals surface area contributed by atoms with Crippen LogP contribution >= 0.6 is 0 Å². The van der Waals surface area contributed by atoms with Crippen LogP contribution in [0.5, 0.6) is 0 Å². The number of hydrogen-bond donors (Lipinski definition) is 4. The first kappa shape index (κ1) is 32.9. The van der Waals surface area contributed by atoms with E-state index in [1.165, 1.54) is 19.3 Å². The highest BCUT2D eigenvalue weighted by atomic mass is 16.7. The fraction of sp³-hybridized carbons (Fsp3) is 0.897. The molecule has 0 spiro atoms. The molecule has 2 aliphatic carbocycles. The van der Waals surface area contributed by atoms with Crippen molar-refractivity contribution in [3.8, 4) is 0 Å². The second-order valence-electron chi connectivity index (χ2n) is 13.2. The van der Waals surface area contributed by atoms with Gasteiger partial charge < -0.3 is 15.1 Å². The summed E-state index contributed by atoms with van der Waals surface area (Å²) in [5.41, 5.74) is -0.739. The molecule has 3 unspecified atom stereocenters. The number of carbonyl (C=O) groups is 3. The minimum atomic E-state index is -0.739. The molecule has 0 aromatic carbocycles. The number of likely N-dealkylation sites (tertiary alicyclic amines) is 1. The van der Waals surface area contributed by atoms with E-state index >= 15 is 0 Å². The van der Waals surface area contributed by atoms with Gasteiger partial charge in [0.25, 0.3) is 0 Å². The van der Waals surface area contributed by atoms with Gasteiger partial charge in [-0.2, -0.15) is 5.90 Å². The molecule has 0 radical (unpaired) electrons. The van der Waals surface area contributed by atoms with Crippen molar-refractivity contribution < 1.29 is 19.2 Å². The number of ketones is 1. The number of Topliss-reactive ketones (excluding diaryl/α,β-unsaturated/α-hetero) is 1. The van der Waals surface area contributed by atoms with Crippen molar-refractivity contribution in [3.05, 3.63) is 0 Å². The maximum absolute atomic E-state index is 13.7. The van der Waals surface area contributed by atoms with E-state index in [-0.39, 0.29) is 36.1 Å². The van der Waals surface area contributed by atoms with Gasteiger partial charge >= 0.3 is 5.97 Å². The minimum Gasteiger partial charge on any atom is -0.373 e. The van der Waals surface area contributed by atoms with Crippen molar-refractivity contribution in [2.24, 2.45) is 29.4 Å². The summed E-state index contributed by atoms with van der Waals surface area (Å²) in [6.07, 6.45) is 11.2. The van der Waals surface area contributed by atoms with Crippen LogP contribution in [0.4, 0.5) is 0 Å². The molecule has 1 saturated heterocycles. The zero-order valence-corrected chi connectivity index (χ0v) is 25.3.